The average Bonchev–Trinajstić information content (AvgIpc) is 2.89. The fraction of sp³-hybridized carbons (Fsp3) is 0.333. The predicted octanol–water partition coefficient (Wildman–Crippen LogP) is 3.93. The molecule has 2 amide bonds. The number of hydrogen-bond donors (Lipinski definition) is 1. The van der Waals surface area contributed by atoms with Gasteiger partial charge in [-0.05, 0) is 49.6 Å². The van der Waals surface area contributed by atoms with E-state index in [-0.39, 0.29) is 30.6 Å². The Balaban J connectivity index is 2.08. The van der Waals surface area contributed by atoms with Gasteiger partial charge in [-0.1, -0.05) is 66.7 Å². The van der Waals surface area contributed by atoms with E-state index < -0.39 is 28.5 Å². The van der Waals surface area contributed by atoms with Gasteiger partial charge in [0, 0.05) is 19.0 Å². The van der Waals surface area contributed by atoms with Crippen LogP contribution in [0.5, 0.6) is 5.75 Å². The third-order valence-electron chi connectivity index (χ3n) is 6.18. The van der Waals surface area contributed by atoms with E-state index in [1.807, 2.05) is 81.4 Å². The topological polar surface area (TPSA) is 96.0 Å². The molecule has 0 aliphatic heterocycles. The highest BCUT2D eigenvalue weighted by Crippen LogP contribution is 2.31. The maximum Gasteiger partial charge on any atom is 0.244 e. The number of sulfonamides is 1. The molecule has 3 rings (SSSR count). The molecular weight excluding hydrogens is 514 g/mol. The van der Waals surface area contributed by atoms with Gasteiger partial charge in [0.15, 0.2) is 0 Å². The lowest BCUT2D eigenvalue weighted by molar-refractivity contribution is -0.140. The number of aryl methyl sites for hydroxylation is 1. The summed E-state index contributed by atoms with van der Waals surface area (Å²) in [6.45, 7) is 5.18. The minimum atomic E-state index is -3.89. The summed E-state index contributed by atoms with van der Waals surface area (Å²) in [5.74, 6) is -0.489. The molecule has 0 bridgehead atoms. The van der Waals surface area contributed by atoms with E-state index in [4.69, 9.17) is 4.74 Å². The van der Waals surface area contributed by atoms with E-state index in [2.05, 4.69) is 5.32 Å². The maximum absolute atomic E-state index is 14.1. The Hall–Kier alpha value is -3.85. The van der Waals surface area contributed by atoms with E-state index >= 15 is 0 Å². The summed E-state index contributed by atoms with van der Waals surface area (Å²) in [5.41, 5.74) is 2.78. The van der Waals surface area contributed by atoms with Crippen molar-refractivity contribution in [3.05, 3.63) is 95.6 Å². The third-order valence-corrected chi connectivity index (χ3v) is 7.31. The zero-order chi connectivity index (χ0) is 28.6. The van der Waals surface area contributed by atoms with Crippen LogP contribution in [0.25, 0.3) is 0 Å². The smallest absolute Gasteiger partial charge is 0.244 e. The molecule has 3 aromatic rings. The number of carbonyl (C=O) groups excluding carboxylic acids is 2. The first kappa shape index (κ1) is 29.7. The van der Waals surface area contributed by atoms with Crippen LogP contribution >= 0.6 is 0 Å². The highest BCUT2D eigenvalue weighted by Gasteiger charge is 2.34. The second-order valence-electron chi connectivity index (χ2n) is 9.82. The third kappa shape index (κ3) is 8.32. The lowest BCUT2D eigenvalue weighted by atomic mass is 10.0. The molecule has 0 saturated heterocycles. The molecule has 3 aromatic carbocycles. The number of rotatable bonds is 12. The number of nitrogens with one attached hydrogen (secondary N) is 1. The Morgan fingerprint density at radius 1 is 0.923 bits per heavy atom. The van der Waals surface area contributed by atoms with Crippen molar-refractivity contribution in [2.24, 2.45) is 0 Å². The van der Waals surface area contributed by atoms with E-state index in [1.54, 1.807) is 18.2 Å². The fourth-order valence-corrected chi connectivity index (χ4v) is 5.15. The minimum Gasteiger partial charge on any atom is -0.495 e. The van der Waals surface area contributed by atoms with Crippen molar-refractivity contribution in [1.29, 1.82) is 0 Å². The van der Waals surface area contributed by atoms with Gasteiger partial charge in [0.1, 0.15) is 18.3 Å². The second-order valence-corrected chi connectivity index (χ2v) is 11.7. The molecule has 8 nitrogen and oxygen atoms in total. The molecule has 9 heteroatoms. The van der Waals surface area contributed by atoms with E-state index in [1.165, 1.54) is 12.0 Å². The normalized spacial score (nSPS) is 12.1. The van der Waals surface area contributed by atoms with Crippen molar-refractivity contribution in [2.75, 3.05) is 24.2 Å². The lowest BCUT2D eigenvalue weighted by Gasteiger charge is -2.34. The van der Waals surface area contributed by atoms with Crippen LogP contribution in [0.4, 0.5) is 5.69 Å². The molecule has 39 heavy (non-hydrogen) atoms. The Morgan fingerprint density at radius 3 is 2.05 bits per heavy atom. The predicted molar refractivity (Wildman–Crippen MR) is 154 cm³/mol. The lowest BCUT2D eigenvalue weighted by Crippen LogP contribution is -2.54. The molecule has 0 radical (unpaired) electrons. The zero-order valence-corrected chi connectivity index (χ0v) is 23.9. The van der Waals surface area contributed by atoms with Gasteiger partial charge in [-0.3, -0.25) is 13.9 Å². The van der Waals surface area contributed by atoms with Gasteiger partial charge in [0.2, 0.25) is 21.8 Å². The van der Waals surface area contributed by atoms with E-state index in [0.29, 0.717) is 5.75 Å². The van der Waals surface area contributed by atoms with E-state index in [9.17, 15) is 18.0 Å². The first-order valence-electron chi connectivity index (χ1n) is 12.8. The van der Waals surface area contributed by atoms with Crippen molar-refractivity contribution in [3.63, 3.8) is 0 Å². The van der Waals surface area contributed by atoms with Gasteiger partial charge in [-0.25, -0.2) is 8.42 Å². The molecule has 1 N–H and O–H groups in total. The molecule has 208 valence electrons. The molecule has 0 aliphatic rings. The van der Waals surface area contributed by atoms with Crippen molar-refractivity contribution < 1.29 is 22.7 Å². The number of hydrogen-bond acceptors (Lipinski definition) is 5. The van der Waals surface area contributed by atoms with Crippen LogP contribution in [-0.4, -0.2) is 57.1 Å². The standard InChI is InChI=1S/C30H37N3O5S/c1-22(2)31-30(35)27(19-24-12-8-6-9-13-24)32(20-25-14-10-7-11-15-25)29(34)21-33(39(5,36)37)26-18-23(3)16-17-28(26)38-4/h6-18,22,27H,19-21H2,1-5H3,(H,31,35). The Morgan fingerprint density at radius 2 is 1.51 bits per heavy atom. The number of ether oxygens (including phenoxy) is 1. The molecule has 0 fully saturated rings. The first-order chi connectivity index (χ1) is 18.5. The number of nitrogens with zero attached hydrogens (tertiary/aromatic N) is 2. The van der Waals surface area contributed by atoms with Gasteiger partial charge in [0.25, 0.3) is 0 Å². The van der Waals surface area contributed by atoms with Gasteiger partial charge < -0.3 is 15.0 Å². The van der Waals surface area contributed by atoms with Crippen molar-refractivity contribution in [2.45, 2.75) is 45.8 Å². The summed E-state index contributed by atoms with van der Waals surface area (Å²) in [6.07, 6.45) is 1.32. The van der Waals surface area contributed by atoms with Crippen LogP contribution in [0.2, 0.25) is 0 Å². The summed E-state index contributed by atoms with van der Waals surface area (Å²) in [4.78, 5) is 29.1. The molecule has 0 aromatic heterocycles. The van der Waals surface area contributed by atoms with Crippen molar-refractivity contribution >= 4 is 27.5 Å². The average molecular weight is 552 g/mol. The number of methoxy groups -OCH3 is 1. The zero-order valence-electron chi connectivity index (χ0n) is 23.1. The Kier molecular flexibility index (Phi) is 10.1. The van der Waals surface area contributed by atoms with Crippen molar-refractivity contribution in [3.8, 4) is 5.75 Å². The summed E-state index contributed by atoms with van der Waals surface area (Å²) in [5, 5.41) is 2.94. The van der Waals surface area contributed by atoms with Crippen molar-refractivity contribution in [1.82, 2.24) is 10.2 Å². The molecule has 0 aliphatic carbocycles. The molecule has 1 unspecified atom stereocenters. The molecular formula is C30H37N3O5S. The second kappa shape index (κ2) is 13.3. The SMILES string of the molecule is COc1ccc(C)cc1N(CC(=O)N(Cc1ccccc1)C(Cc1ccccc1)C(=O)NC(C)C)S(C)(=O)=O. The van der Waals surface area contributed by atoms with Crippen LogP contribution in [0.3, 0.4) is 0 Å². The van der Waals surface area contributed by atoms with E-state index in [0.717, 1.165) is 27.3 Å². The summed E-state index contributed by atoms with van der Waals surface area (Å²) < 4.78 is 32.4. The van der Waals surface area contributed by atoms with Gasteiger partial charge in [0.05, 0.1) is 19.1 Å². The molecule has 0 spiro atoms. The highest BCUT2D eigenvalue weighted by molar-refractivity contribution is 7.92. The highest BCUT2D eigenvalue weighted by atomic mass is 32.2. The molecule has 1 atom stereocenters. The maximum atomic E-state index is 14.1. The molecule has 0 saturated carbocycles. The minimum absolute atomic E-state index is 0.130. The van der Waals surface area contributed by atoms with Crippen LogP contribution in [-0.2, 0) is 32.6 Å². The quantitative estimate of drug-likeness (QED) is 0.368. The van der Waals surface area contributed by atoms with Crippen LogP contribution in [0.1, 0.15) is 30.5 Å². The van der Waals surface area contributed by atoms with Gasteiger partial charge in [-0.15, -0.1) is 0 Å². The number of carbonyl (C=O) groups is 2. The number of amides is 2. The number of benzene rings is 3. The molecule has 0 heterocycles. The largest absolute Gasteiger partial charge is 0.495 e. The van der Waals surface area contributed by atoms with Crippen LogP contribution in [0, 0.1) is 6.92 Å². The first-order valence-corrected chi connectivity index (χ1v) is 14.6. The van der Waals surface area contributed by atoms with Gasteiger partial charge in [-0.2, -0.15) is 0 Å². The fourth-order valence-electron chi connectivity index (χ4n) is 4.30. The summed E-state index contributed by atoms with van der Waals surface area (Å²) in [7, 11) is -2.44. The monoisotopic (exact) mass is 551 g/mol. The van der Waals surface area contributed by atoms with Crippen LogP contribution in [0.15, 0.2) is 78.9 Å². The van der Waals surface area contributed by atoms with Gasteiger partial charge >= 0.3 is 0 Å². The summed E-state index contributed by atoms with van der Waals surface area (Å²) in [6, 6.07) is 22.9. The summed E-state index contributed by atoms with van der Waals surface area (Å²) >= 11 is 0. The Bertz CT molecular complexity index is 1360. The Labute approximate surface area is 231 Å². The van der Waals surface area contributed by atoms with Crippen LogP contribution < -0.4 is 14.4 Å². The number of anilines is 1.